The molecule has 0 aliphatic carbocycles. The largest absolute Gasteiger partial charge is 0.379 e. The molecule has 1 fully saturated rings. The Morgan fingerprint density at radius 1 is 1.75 bits per heavy atom. The molecule has 1 aliphatic rings. The topological polar surface area (TPSA) is 44.1 Å². The molecule has 1 aromatic rings. The Balaban J connectivity index is 2.16. The van der Waals surface area contributed by atoms with Gasteiger partial charge in [0.05, 0.1) is 24.4 Å². The highest BCUT2D eigenvalue weighted by molar-refractivity contribution is 5.73. The van der Waals surface area contributed by atoms with Gasteiger partial charge in [-0.25, -0.2) is 0 Å². The Morgan fingerprint density at radius 2 is 2.67 bits per heavy atom. The minimum Gasteiger partial charge on any atom is -0.379 e. The molecule has 1 unspecified atom stereocenters. The van der Waals surface area contributed by atoms with E-state index in [1.807, 2.05) is 0 Å². The van der Waals surface area contributed by atoms with Crippen molar-refractivity contribution in [2.45, 2.75) is 12.5 Å². The van der Waals surface area contributed by atoms with Crippen LogP contribution >= 0.6 is 0 Å². The minimum absolute atomic E-state index is 0.318. The third kappa shape index (κ3) is 1.25. The third-order valence-electron chi connectivity index (χ3n) is 2.04. The van der Waals surface area contributed by atoms with Gasteiger partial charge in [-0.2, -0.15) is 5.10 Å². The molecule has 0 amide bonds. The lowest BCUT2D eigenvalue weighted by molar-refractivity contribution is 0.112. The molecule has 2 heterocycles. The van der Waals surface area contributed by atoms with E-state index in [0.717, 1.165) is 19.3 Å². The Morgan fingerprint density at radius 3 is 3.25 bits per heavy atom. The molecule has 0 N–H and O–H groups in total. The van der Waals surface area contributed by atoms with Crippen LogP contribution in [0.5, 0.6) is 0 Å². The number of rotatable bonds is 2. The first-order chi connectivity index (χ1) is 5.90. The van der Waals surface area contributed by atoms with Gasteiger partial charge in [-0.3, -0.25) is 9.48 Å². The summed E-state index contributed by atoms with van der Waals surface area (Å²) in [5.41, 5.74) is 0.627. The first-order valence-electron chi connectivity index (χ1n) is 3.97. The van der Waals surface area contributed by atoms with E-state index in [4.69, 9.17) is 4.74 Å². The number of nitrogens with zero attached hydrogens (tertiary/aromatic N) is 2. The van der Waals surface area contributed by atoms with E-state index in [2.05, 4.69) is 5.10 Å². The average molecular weight is 166 g/mol. The minimum atomic E-state index is 0.318. The molecule has 1 atom stereocenters. The maximum Gasteiger partial charge on any atom is 0.153 e. The second-order valence-electron chi connectivity index (χ2n) is 2.89. The van der Waals surface area contributed by atoms with Crippen LogP contribution in [0.3, 0.4) is 0 Å². The Labute approximate surface area is 70.1 Å². The highest BCUT2D eigenvalue weighted by atomic mass is 16.5. The first kappa shape index (κ1) is 7.49. The molecule has 64 valence electrons. The van der Waals surface area contributed by atoms with Crippen molar-refractivity contribution >= 4 is 6.29 Å². The molecule has 0 spiro atoms. The fourth-order valence-electron chi connectivity index (χ4n) is 1.34. The lowest BCUT2D eigenvalue weighted by atomic mass is 10.3. The summed E-state index contributed by atoms with van der Waals surface area (Å²) >= 11 is 0. The number of aldehydes is 1. The fraction of sp³-hybridized carbons (Fsp3) is 0.500. The van der Waals surface area contributed by atoms with Gasteiger partial charge in [0.2, 0.25) is 0 Å². The van der Waals surface area contributed by atoms with E-state index in [9.17, 15) is 4.79 Å². The van der Waals surface area contributed by atoms with Crippen molar-refractivity contribution in [3.63, 3.8) is 0 Å². The fourth-order valence-corrected chi connectivity index (χ4v) is 1.34. The van der Waals surface area contributed by atoms with Crippen molar-refractivity contribution in [3.8, 4) is 0 Å². The standard InChI is InChI=1S/C8H10N2O2/c11-5-7-3-9-10(4-7)8-1-2-12-6-8/h3-5,8H,1-2,6H2. The van der Waals surface area contributed by atoms with Gasteiger partial charge in [-0.05, 0) is 6.42 Å². The van der Waals surface area contributed by atoms with E-state index in [1.165, 1.54) is 0 Å². The van der Waals surface area contributed by atoms with E-state index in [1.54, 1.807) is 17.1 Å². The van der Waals surface area contributed by atoms with Gasteiger partial charge in [0, 0.05) is 12.8 Å². The zero-order chi connectivity index (χ0) is 8.39. The number of hydrogen-bond donors (Lipinski definition) is 0. The van der Waals surface area contributed by atoms with Gasteiger partial charge in [-0.15, -0.1) is 0 Å². The van der Waals surface area contributed by atoms with Crippen LogP contribution in [0.1, 0.15) is 22.8 Å². The third-order valence-corrected chi connectivity index (χ3v) is 2.04. The lowest BCUT2D eigenvalue weighted by Crippen LogP contribution is -2.08. The van der Waals surface area contributed by atoms with E-state index < -0.39 is 0 Å². The van der Waals surface area contributed by atoms with Crippen molar-refractivity contribution in [2.75, 3.05) is 13.2 Å². The quantitative estimate of drug-likeness (QED) is 0.606. The van der Waals surface area contributed by atoms with Gasteiger partial charge < -0.3 is 4.74 Å². The van der Waals surface area contributed by atoms with Crippen LogP contribution in [-0.4, -0.2) is 29.3 Å². The number of hydrogen-bond acceptors (Lipinski definition) is 3. The van der Waals surface area contributed by atoms with Gasteiger partial charge in [0.1, 0.15) is 0 Å². The lowest BCUT2D eigenvalue weighted by Gasteiger charge is -2.06. The smallest absolute Gasteiger partial charge is 0.153 e. The summed E-state index contributed by atoms with van der Waals surface area (Å²) in [6.07, 6.45) is 5.12. The predicted octanol–water partition coefficient (Wildman–Crippen LogP) is 0.657. The van der Waals surface area contributed by atoms with E-state index in [-0.39, 0.29) is 0 Å². The van der Waals surface area contributed by atoms with Crippen LogP contribution in [0.25, 0.3) is 0 Å². The Kier molecular flexibility index (Phi) is 1.91. The molecule has 0 radical (unpaired) electrons. The molecule has 0 bridgehead atoms. The average Bonchev–Trinajstić information content (AvgIpc) is 2.75. The number of carbonyl (C=O) groups is 1. The predicted molar refractivity (Wildman–Crippen MR) is 42.1 cm³/mol. The molecular weight excluding hydrogens is 156 g/mol. The summed E-state index contributed by atoms with van der Waals surface area (Å²) < 4.78 is 7.01. The molecule has 4 heteroatoms. The van der Waals surface area contributed by atoms with Crippen LogP contribution in [-0.2, 0) is 4.74 Å². The van der Waals surface area contributed by atoms with Crippen LogP contribution in [0.4, 0.5) is 0 Å². The number of carbonyl (C=O) groups excluding carboxylic acids is 1. The molecule has 2 rings (SSSR count). The zero-order valence-corrected chi connectivity index (χ0v) is 6.64. The summed E-state index contributed by atoms with van der Waals surface area (Å²) in [6, 6.07) is 0.318. The Hall–Kier alpha value is -1.16. The second kappa shape index (κ2) is 3.06. The summed E-state index contributed by atoms with van der Waals surface area (Å²) in [5.74, 6) is 0. The molecule has 1 saturated heterocycles. The summed E-state index contributed by atoms with van der Waals surface area (Å²) in [5, 5.41) is 4.07. The molecule has 0 saturated carbocycles. The normalized spacial score (nSPS) is 22.8. The molecule has 12 heavy (non-hydrogen) atoms. The number of aromatic nitrogens is 2. The van der Waals surface area contributed by atoms with Crippen LogP contribution in [0.15, 0.2) is 12.4 Å². The second-order valence-corrected chi connectivity index (χ2v) is 2.89. The highest BCUT2D eigenvalue weighted by Gasteiger charge is 2.17. The summed E-state index contributed by atoms with van der Waals surface area (Å²) in [7, 11) is 0. The van der Waals surface area contributed by atoms with E-state index >= 15 is 0 Å². The van der Waals surface area contributed by atoms with Gasteiger partial charge in [-0.1, -0.05) is 0 Å². The molecular formula is C8H10N2O2. The summed E-state index contributed by atoms with van der Waals surface area (Å²) in [6.45, 7) is 1.50. The molecule has 4 nitrogen and oxygen atoms in total. The zero-order valence-electron chi connectivity index (χ0n) is 6.64. The molecule has 1 aliphatic heterocycles. The first-order valence-corrected chi connectivity index (χ1v) is 3.97. The van der Waals surface area contributed by atoms with Crippen molar-refractivity contribution in [1.29, 1.82) is 0 Å². The van der Waals surface area contributed by atoms with Crippen LogP contribution in [0.2, 0.25) is 0 Å². The van der Waals surface area contributed by atoms with Crippen molar-refractivity contribution in [1.82, 2.24) is 9.78 Å². The molecule has 1 aromatic heterocycles. The Bertz CT molecular complexity index is 276. The van der Waals surface area contributed by atoms with Gasteiger partial charge in [0.25, 0.3) is 0 Å². The summed E-state index contributed by atoms with van der Waals surface area (Å²) in [4.78, 5) is 10.4. The number of ether oxygens (including phenoxy) is 1. The van der Waals surface area contributed by atoms with Crippen molar-refractivity contribution < 1.29 is 9.53 Å². The van der Waals surface area contributed by atoms with Gasteiger partial charge >= 0.3 is 0 Å². The maximum absolute atomic E-state index is 10.4. The monoisotopic (exact) mass is 166 g/mol. The molecule has 0 aromatic carbocycles. The van der Waals surface area contributed by atoms with Crippen LogP contribution in [0, 0.1) is 0 Å². The SMILES string of the molecule is O=Cc1cnn(C2CCOC2)c1. The van der Waals surface area contributed by atoms with E-state index in [0.29, 0.717) is 18.2 Å². The maximum atomic E-state index is 10.4. The van der Waals surface area contributed by atoms with Crippen molar-refractivity contribution in [2.24, 2.45) is 0 Å². The van der Waals surface area contributed by atoms with Crippen LogP contribution < -0.4 is 0 Å². The van der Waals surface area contributed by atoms with Gasteiger partial charge in [0.15, 0.2) is 6.29 Å². The highest BCUT2D eigenvalue weighted by Crippen LogP contribution is 2.17. The van der Waals surface area contributed by atoms with Crippen molar-refractivity contribution in [3.05, 3.63) is 18.0 Å².